The lowest BCUT2D eigenvalue weighted by molar-refractivity contribution is -0.146. The van der Waals surface area contributed by atoms with Crippen molar-refractivity contribution >= 4 is 16.7 Å². The number of carbonyl (C=O) groups excluding carboxylic acids is 1. The van der Waals surface area contributed by atoms with Crippen molar-refractivity contribution in [2.45, 2.75) is 82.1 Å². The van der Waals surface area contributed by atoms with Gasteiger partial charge in [0.25, 0.3) is 0 Å². The number of carbonyl (C=O) groups is 1. The van der Waals surface area contributed by atoms with Crippen LogP contribution < -0.4 is 5.32 Å². The van der Waals surface area contributed by atoms with Crippen molar-refractivity contribution in [1.29, 1.82) is 0 Å². The highest BCUT2D eigenvalue weighted by molar-refractivity contribution is 7.85. The molecule has 0 radical (unpaired) electrons. The van der Waals surface area contributed by atoms with Gasteiger partial charge in [-0.05, 0) is 67.7 Å². The molecule has 36 heavy (non-hydrogen) atoms. The van der Waals surface area contributed by atoms with E-state index in [0.717, 1.165) is 57.5 Å². The minimum absolute atomic E-state index is 0.00914. The first-order chi connectivity index (χ1) is 17.0. The van der Waals surface area contributed by atoms with E-state index in [1.165, 1.54) is 0 Å². The Hall–Kier alpha value is -1.49. The van der Waals surface area contributed by atoms with Gasteiger partial charge in [0.15, 0.2) is 0 Å². The summed E-state index contributed by atoms with van der Waals surface area (Å²) in [5.41, 5.74) is -0.399. The number of nitrogens with one attached hydrogen (secondary N) is 1. The first kappa shape index (κ1) is 27.5. The smallest absolute Gasteiger partial charge is 0.395 e. The van der Waals surface area contributed by atoms with Crippen molar-refractivity contribution in [3.8, 4) is 0 Å². The lowest BCUT2D eigenvalue weighted by atomic mass is 9.73. The summed E-state index contributed by atoms with van der Waals surface area (Å²) >= 11 is 0. The Bertz CT molecular complexity index is 981. The Balaban J connectivity index is 1.56. The first-order valence-corrected chi connectivity index (χ1v) is 14.2. The average molecular weight is 531 g/mol. The van der Waals surface area contributed by atoms with E-state index in [9.17, 15) is 27.3 Å². The van der Waals surface area contributed by atoms with Crippen LogP contribution >= 0.6 is 0 Å². The van der Waals surface area contributed by atoms with Gasteiger partial charge in [-0.15, -0.1) is 0 Å². The quantitative estimate of drug-likeness (QED) is 0.563. The van der Waals surface area contributed by atoms with Crippen molar-refractivity contribution in [2.24, 2.45) is 11.3 Å². The molecule has 202 valence electrons. The average Bonchev–Trinajstić information content (AvgIpc) is 3.27. The van der Waals surface area contributed by atoms with E-state index in [0.29, 0.717) is 30.1 Å². The zero-order valence-electron chi connectivity index (χ0n) is 21.0. The summed E-state index contributed by atoms with van der Waals surface area (Å²) in [6.07, 6.45) is 0.0543. The van der Waals surface area contributed by atoms with Crippen LogP contribution in [0.1, 0.15) is 62.6 Å². The fraction of sp³-hybridized carbons (Fsp3) is 0.731. The van der Waals surface area contributed by atoms with Crippen LogP contribution in [-0.4, -0.2) is 64.3 Å². The number of rotatable bonds is 7. The maximum atomic E-state index is 14.0. The van der Waals surface area contributed by atoms with E-state index >= 15 is 0 Å². The fourth-order valence-corrected chi connectivity index (χ4v) is 7.24. The van der Waals surface area contributed by atoms with E-state index in [2.05, 4.69) is 19.2 Å². The lowest BCUT2D eigenvalue weighted by Gasteiger charge is -2.40. The monoisotopic (exact) mass is 530 g/mol. The van der Waals surface area contributed by atoms with Gasteiger partial charge in [-0.3, -0.25) is 9.00 Å². The van der Waals surface area contributed by atoms with Gasteiger partial charge in [0.05, 0.1) is 34.1 Å². The van der Waals surface area contributed by atoms with Gasteiger partial charge < -0.3 is 20.1 Å². The predicted octanol–water partition coefficient (Wildman–Crippen LogP) is 3.65. The van der Waals surface area contributed by atoms with Gasteiger partial charge in [-0.25, -0.2) is 0 Å². The van der Waals surface area contributed by atoms with Crippen molar-refractivity contribution in [1.82, 2.24) is 10.2 Å². The third-order valence-electron chi connectivity index (χ3n) is 8.20. The summed E-state index contributed by atoms with van der Waals surface area (Å²) in [6, 6.07) is 2.67. The molecule has 3 atom stereocenters. The van der Waals surface area contributed by atoms with E-state index < -0.39 is 28.0 Å². The minimum Gasteiger partial charge on any atom is -0.395 e. The van der Waals surface area contributed by atoms with Gasteiger partial charge in [0, 0.05) is 43.3 Å². The molecule has 0 aromatic heterocycles. The van der Waals surface area contributed by atoms with Crippen LogP contribution in [-0.2, 0) is 39.5 Å². The van der Waals surface area contributed by atoms with E-state index in [1.54, 1.807) is 4.90 Å². The molecule has 10 heteroatoms. The molecule has 4 rings (SSSR count). The SMILES string of the molecule is CC(C)[C@]1(C(=O)N2CCc3c(cc(C(F)(F)F)cc3S(=O)CCO)C2)CC[C@@H](NC2CCOCC2)C1. The molecule has 1 saturated heterocycles. The number of alkyl halides is 3. The van der Waals surface area contributed by atoms with E-state index in [1.807, 2.05) is 0 Å². The zero-order valence-corrected chi connectivity index (χ0v) is 21.8. The van der Waals surface area contributed by atoms with Crippen molar-refractivity contribution < 1.29 is 32.0 Å². The molecule has 1 amide bonds. The van der Waals surface area contributed by atoms with Crippen LogP contribution in [0, 0.1) is 11.3 Å². The number of halogens is 3. The summed E-state index contributed by atoms with van der Waals surface area (Å²) in [6.45, 7) is 5.70. The molecule has 1 saturated carbocycles. The largest absolute Gasteiger partial charge is 0.416 e. The van der Waals surface area contributed by atoms with Crippen molar-refractivity contribution in [3.05, 3.63) is 28.8 Å². The van der Waals surface area contributed by atoms with Gasteiger partial charge >= 0.3 is 6.18 Å². The Kier molecular flexibility index (Phi) is 8.49. The number of aliphatic hydroxyl groups excluding tert-OH is 1. The molecule has 2 N–H and O–H groups in total. The summed E-state index contributed by atoms with van der Waals surface area (Å²) in [5, 5.41) is 12.9. The van der Waals surface area contributed by atoms with Gasteiger partial charge in [-0.1, -0.05) is 13.8 Å². The zero-order chi connectivity index (χ0) is 26.1. The molecular formula is C26H37F3N2O4S. The second kappa shape index (κ2) is 11.1. The molecule has 2 aliphatic heterocycles. The Morgan fingerprint density at radius 2 is 1.97 bits per heavy atom. The molecule has 2 fully saturated rings. The molecule has 1 aliphatic carbocycles. The second-order valence-electron chi connectivity index (χ2n) is 10.7. The normalized spacial score (nSPS) is 26.3. The maximum Gasteiger partial charge on any atom is 0.416 e. The third-order valence-corrected chi connectivity index (χ3v) is 9.61. The lowest BCUT2D eigenvalue weighted by Crippen LogP contribution is -2.49. The number of aliphatic hydroxyl groups is 1. The number of benzene rings is 1. The second-order valence-corrected chi connectivity index (χ2v) is 12.2. The summed E-state index contributed by atoms with van der Waals surface area (Å²) in [7, 11) is -1.74. The summed E-state index contributed by atoms with van der Waals surface area (Å²) < 4.78 is 59.0. The topological polar surface area (TPSA) is 78.9 Å². The molecule has 2 heterocycles. The highest BCUT2D eigenvalue weighted by atomic mass is 32.2. The van der Waals surface area contributed by atoms with Crippen molar-refractivity contribution in [3.63, 3.8) is 0 Å². The first-order valence-electron chi connectivity index (χ1n) is 12.9. The number of ether oxygens (including phenoxy) is 1. The van der Waals surface area contributed by atoms with Gasteiger partial charge in [-0.2, -0.15) is 13.2 Å². The number of hydrogen-bond donors (Lipinski definition) is 2. The number of nitrogens with zero attached hydrogens (tertiary/aromatic N) is 1. The van der Waals surface area contributed by atoms with Crippen LogP contribution in [0.4, 0.5) is 13.2 Å². The highest BCUT2D eigenvalue weighted by Crippen LogP contribution is 2.47. The van der Waals surface area contributed by atoms with Gasteiger partial charge in [0.1, 0.15) is 0 Å². The molecule has 1 aromatic rings. The standard InChI is InChI=1S/C26H37F3N2O4S/c1-17(2)25(7-3-21(15-25)30-20-5-10-35-11-6-20)24(33)31-8-4-22-18(16-31)13-19(26(27,28)29)14-23(22)36(34)12-9-32/h13-14,17,20-21,30,32H,3-12,15-16H2,1-2H3/t21-,25+,36?/m1/s1. The molecular weight excluding hydrogens is 493 g/mol. The fourth-order valence-electron chi connectivity index (χ4n) is 6.09. The van der Waals surface area contributed by atoms with Crippen LogP contribution in [0.5, 0.6) is 0 Å². The third kappa shape index (κ3) is 5.66. The predicted molar refractivity (Wildman–Crippen MR) is 131 cm³/mol. The van der Waals surface area contributed by atoms with Crippen LogP contribution in [0.15, 0.2) is 17.0 Å². The molecule has 0 spiro atoms. The van der Waals surface area contributed by atoms with E-state index in [4.69, 9.17) is 4.74 Å². The molecule has 0 bridgehead atoms. The maximum absolute atomic E-state index is 14.0. The summed E-state index contributed by atoms with van der Waals surface area (Å²) in [4.78, 5) is 15.8. The van der Waals surface area contributed by atoms with Crippen molar-refractivity contribution in [2.75, 3.05) is 32.1 Å². The molecule has 3 aliphatic rings. The Morgan fingerprint density at radius 1 is 1.25 bits per heavy atom. The van der Waals surface area contributed by atoms with Crippen LogP contribution in [0.2, 0.25) is 0 Å². The van der Waals surface area contributed by atoms with Gasteiger partial charge in [0.2, 0.25) is 5.91 Å². The van der Waals surface area contributed by atoms with E-state index in [-0.39, 0.29) is 41.7 Å². The minimum atomic E-state index is -4.59. The Labute approximate surface area is 213 Å². The Morgan fingerprint density at radius 3 is 2.61 bits per heavy atom. The molecule has 6 nitrogen and oxygen atoms in total. The number of hydrogen-bond acceptors (Lipinski definition) is 5. The summed E-state index contributed by atoms with van der Waals surface area (Å²) in [5.74, 6) is -0.00848. The molecule has 1 unspecified atom stereocenters. The van der Waals surface area contributed by atoms with Crippen LogP contribution in [0.25, 0.3) is 0 Å². The van der Waals surface area contributed by atoms with Crippen LogP contribution in [0.3, 0.4) is 0 Å². The highest BCUT2D eigenvalue weighted by Gasteiger charge is 2.50. The number of amides is 1. The number of fused-ring (bicyclic) bond motifs is 1. The molecule has 1 aromatic carbocycles.